The summed E-state index contributed by atoms with van der Waals surface area (Å²) in [5.74, 6) is 0.564. The van der Waals surface area contributed by atoms with E-state index < -0.39 is 10.0 Å². The van der Waals surface area contributed by atoms with Crippen LogP contribution >= 0.6 is 0 Å². The largest absolute Gasteiger partial charge is 0.268 e. The minimum Gasteiger partial charge on any atom is -0.268 e. The van der Waals surface area contributed by atoms with Crippen LogP contribution in [-0.4, -0.2) is 36.0 Å². The summed E-state index contributed by atoms with van der Waals surface area (Å²) in [5, 5.41) is 6.35. The van der Waals surface area contributed by atoms with Crippen molar-refractivity contribution < 1.29 is 8.42 Å². The molecule has 1 aliphatic rings. The zero-order valence-corrected chi connectivity index (χ0v) is 14.6. The highest BCUT2D eigenvalue weighted by Gasteiger charge is 2.29. The first-order chi connectivity index (χ1) is 11.4. The number of sulfonamides is 1. The molecular weight excluding hydrogens is 326 g/mol. The zero-order chi connectivity index (χ0) is 17.3. The number of aromatic nitrogens is 2. The average Bonchev–Trinajstić information content (AvgIpc) is 2.56. The van der Waals surface area contributed by atoms with Crippen molar-refractivity contribution in [2.45, 2.75) is 31.6 Å². The van der Waals surface area contributed by atoms with Crippen molar-refractivity contribution in [1.82, 2.24) is 14.5 Å². The summed E-state index contributed by atoms with van der Waals surface area (Å²) in [6.45, 7) is 5.06. The molecule has 128 valence electrons. The molecule has 1 saturated heterocycles. The van der Waals surface area contributed by atoms with Crippen molar-refractivity contribution in [3.63, 3.8) is 0 Å². The van der Waals surface area contributed by atoms with Gasteiger partial charge in [-0.15, -0.1) is 0 Å². The zero-order valence-electron chi connectivity index (χ0n) is 13.8. The van der Waals surface area contributed by atoms with Gasteiger partial charge in [-0.3, -0.25) is 4.79 Å². The summed E-state index contributed by atoms with van der Waals surface area (Å²) in [7, 11) is -3.52. The molecular formula is C17H21N3O3S. The van der Waals surface area contributed by atoms with Crippen LogP contribution in [0.25, 0.3) is 11.3 Å². The molecule has 2 heterocycles. The Morgan fingerprint density at radius 3 is 2.50 bits per heavy atom. The van der Waals surface area contributed by atoms with Crippen molar-refractivity contribution in [3.8, 4) is 11.3 Å². The van der Waals surface area contributed by atoms with E-state index in [2.05, 4.69) is 17.1 Å². The van der Waals surface area contributed by atoms with E-state index in [1.54, 1.807) is 29.4 Å². The molecule has 3 rings (SSSR count). The van der Waals surface area contributed by atoms with Crippen molar-refractivity contribution in [2.24, 2.45) is 5.92 Å². The Kier molecular flexibility index (Phi) is 4.56. The molecule has 0 amide bonds. The standard InChI is InChI=1S/C17H21N3O3S/c1-12-7-9-20(10-8-12)24(22,23)16-11-14(4-3-13(16)2)15-5-6-17(21)19-18-15/h3-6,11-12H,7-10H2,1-2H3,(H,19,21). The number of hydrogen-bond donors (Lipinski definition) is 1. The summed E-state index contributed by atoms with van der Waals surface area (Å²) in [4.78, 5) is 11.5. The highest BCUT2D eigenvalue weighted by atomic mass is 32.2. The molecule has 0 saturated carbocycles. The lowest BCUT2D eigenvalue weighted by atomic mass is 10.0. The third-order valence-electron chi connectivity index (χ3n) is 4.52. The second-order valence-electron chi connectivity index (χ2n) is 6.37. The van der Waals surface area contributed by atoms with Crippen molar-refractivity contribution in [1.29, 1.82) is 0 Å². The second-order valence-corrected chi connectivity index (χ2v) is 8.28. The van der Waals surface area contributed by atoms with Crippen LogP contribution in [0.4, 0.5) is 0 Å². The van der Waals surface area contributed by atoms with Crippen LogP contribution in [-0.2, 0) is 10.0 Å². The van der Waals surface area contributed by atoms with Crippen LogP contribution in [0.3, 0.4) is 0 Å². The Morgan fingerprint density at radius 1 is 1.17 bits per heavy atom. The van der Waals surface area contributed by atoms with Gasteiger partial charge in [0.1, 0.15) is 0 Å². The third-order valence-corrected chi connectivity index (χ3v) is 6.56. The van der Waals surface area contributed by atoms with Gasteiger partial charge in [-0.1, -0.05) is 19.1 Å². The molecule has 6 nitrogen and oxygen atoms in total. The summed E-state index contributed by atoms with van der Waals surface area (Å²) in [5.41, 5.74) is 1.63. The molecule has 2 aromatic rings. The fraction of sp³-hybridized carbons (Fsp3) is 0.412. The van der Waals surface area contributed by atoms with Gasteiger partial charge in [0.25, 0.3) is 5.56 Å². The fourth-order valence-electron chi connectivity index (χ4n) is 2.91. The molecule has 0 aliphatic carbocycles. The number of nitrogens with zero attached hydrogens (tertiary/aromatic N) is 2. The van der Waals surface area contributed by atoms with E-state index in [9.17, 15) is 13.2 Å². The molecule has 1 N–H and O–H groups in total. The van der Waals surface area contributed by atoms with Gasteiger partial charge >= 0.3 is 0 Å². The van der Waals surface area contributed by atoms with Gasteiger partial charge in [0.15, 0.2) is 0 Å². The Labute approximate surface area is 141 Å². The van der Waals surface area contributed by atoms with Gasteiger partial charge in [-0.2, -0.15) is 9.40 Å². The number of rotatable bonds is 3. The second kappa shape index (κ2) is 6.49. The van der Waals surface area contributed by atoms with Crippen LogP contribution in [0, 0.1) is 12.8 Å². The minimum atomic E-state index is -3.52. The SMILES string of the molecule is Cc1ccc(-c2ccc(=O)[nH]n2)cc1S(=O)(=O)N1CCC(C)CC1. The van der Waals surface area contributed by atoms with Gasteiger partial charge in [-0.25, -0.2) is 13.5 Å². The van der Waals surface area contributed by atoms with Crippen molar-refractivity contribution in [3.05, 3.63) is 46.2 Å². The molecule has 0 unspecified atom stereocenters. The summed E-state index contributed by atoms with van der Waals surface area (Å²) in [6.07, 6.45) is 1.78. The summed E-state index contributed by atoms with van der Waals surface area (Å²) < 4.78 is 27.6. The van der Waals surface area contributed by atoms with Crippen LogP contribution < -0.4 is 5.56 Å². The topological polar surface area (TPSA) is 83.1 Å². The molecule has 7 heteroatoms. The van der Waals surface area contributed by atoms with Crippen LogP contribution in [0.15, 0.2) is 40.0 Å². The highest BCUT2D eigenvalue weighted by Crippen LogP contribution is 2.28. The van der Waals surface area contributed by atoms with Gasteiger partial charge in [0.2, 0.25) is 10.0 Å². The number of nitrogens with one attached hydrogen (secondary N) is 1. The first-order valence-corrected chi connectivity index (χ1v) is 9.49. The molecule has 0 atom stereocenters. The first kappa shape index (κ1) is 16.9. The van der Waals surface area contributed by atoms with E-state index in [1.165, 1.54) is 6.07 Å². The van der Waals surface area contributed by atoms with E-state index in [-0.39, 0.29) is 5.56 Å². The average molecular weight is 347 g/mol. The Morgan fingerprint density at radius 2 is 1.88 bits per heavy atom. The smallest absolute Gasteiger partial charge is 0.264 e. The van der Waals surface area contributed by atoms with E-state index in [0.29, 0.717) is 40.7 Å². The Hall–Kier alpha value is -1.99. The van der Waals surface area contributed by atoms with Gasteiger partial charge in [-0.05, 0) is 43.4 Å². The van der Waals surface area contributed by atoms with Gasteiger partial charge in [0.05, 0.1) is 10.6 Å². The third kappa shape index (κ3) is 3.27. The molecule has 0 radical (unpaired) electrons. The predicted octanol–water partition coefficient (Wildman–Crippen LogP) is 2.17. The summed E-state index contributed by atoms with van der Waals surface area (Å²) in [6, 6.07) is 8.20. The molecule has 1 aromatic carbocycles. The molecule has 24 heavy (non-hydrogen) atoms. The number of hydrogen-bond acceptors (Lipinski definition) is 4. The number of benzene rings is 1. The van der Waals surface area contributed by atoms with Crippen LogP contribution in [0.1, 0.15) is 25.3 Å². The normalized spacial score (nSPS) is 17.1. The predicted molar refractivity (Wildman–Crippen MR) is 92.2 cm³/mol. The lowest BCUT2D eigenvalue weighted by molar-refractivity contribution is 0.288. The molecule has 1 fully saturated rings. The van der Waals surface area contributed by atoms with Gasteiger partial charge in [0, 0.05) is 24.7 Å². The monoisotopic (exact) mass is 347 g/mol. The van der Waals surface area contributed by atoms with Crippen molar-refractivity contribution in [2.75, 3.05) is 13.1 Å². The lowest BCUT2D eigenvalue weighted by Crippen LogP contribution is -2.38. The van der Waals surface area contributed by atoms with Crippen LogP contribution in [0.5, 0.6) is 0 Å². The first-order valence-electron chi connectivity index (χ1n) is 8.05. The lowest BCUT2D eigenvalue weighted by Gasteiger charge is -2.30. The quantitative estimate of drug-likeness (QED) is 0.922. The van der Waals surface area contributed by atoms with Crippen molar-refractivity contribution >= 4 is 10.0 Å². The van der Waals surface area contributed by atoms with Crippen LogP contribution in [0.2, 0.25) is 0 Å². The van der Waals surface area contributed by atoms with E-state index in [0.717, 1.165) is 12.8 Å². The van der Waals surface area contributed by atoms with E-state index in [4.69, 9.17) is 0 Å². The Balaban J connectivity index is 1.99. The number of H-pyrrole nitrogens is 1. The minimum absolute atomic E-state index is 0.291. The fourth-order valence-corrected chi connectivity index (χ4v) is 4.63. The number of aryl methyl sites for hydroxylation is 1. The maximum Gasteiger partial charge on any atom is 0.264 e. The van der Waals surface area contributed by atoms with Gasteiger partial charge < -0.3 is 0 Å². The molecule has 1 aliphatic heterocycles. The van der Waals surface area contributed by atoms with E-state index in [1.807, 2.05) is 6.07 Å². The maximum absolute atomic E-state index is 13.0. The number of piperidine rings is 1. The molecule has 0 bridgehead atoms. The molecule has 1 aromatic heterocycles. The maximum atomic E-state index is 13.0. The van der Waals surface area contributed by atoms with E-state index >= 15 is 0 Å². The molecule has 0 spiro atoms. The Bertz CT molecular complexity index is 877. The number of aromatic amines is 1. The summed E-state index contributed by atoms with van der Waals surface area (Å²) >= 11 is 0. The highest BCUT2D eigenvalue weighted by molar-refractivity contribution is 7.89.